The van der Waals surface area contributed by atoms with Crippen LogP contribution in [0.4, 0.5) is 18.9 Å². The molecule has 0 saturated heterocycles. The van der Waals surface area contributed by atoms with Crippen LogP contribution in [0.1, 0.15) is 16.1 Å². The number of aromatic nitrogens is 2. The van der Waals surface area contributed by atoms with E-state index in [0.29, 0.717) is 17.1 Å². The van der Waals surface area contributed by atoms with E-state index < -0.39 is 18.3 Å². The summed E-state index contributed by atoms with van der Waals surface area (Å²) in [5.41, 5.74) is 1.39. The topological polar surface area (TPSA) is 56.2 Å². The summed E-state index contributed by atoms with van der Waals surface area (Å²) in [6.07, 6.45) is 0. The fraction of sp³-hybridized carbons (Fsp3) is 0.111. The molecule has 0 spiro atoms. The van der Waals surface area contributed by atoms with Gasteiger partial charge in [-0.05, 0) is 55.5 Å². The standard InChI is InChI=1S/C18H13ClF3N3O2/c1-10-15(16(19)25(24-10)13-6-2-11(20)3-7-13)17(26)23-12-4-8-14(9-5-12)27-18(21)22/h2-9,18H,1H3,(H,23,26). The third kappa shape index (κ3) is 4.22. The Kier molecular flexibility index (Phi) is 5.36. The summed E-state index contributed by atoms with van der Waals surface area (Å²) in [6.45, 7) is -1.32. The number of ether oxygens (including phenoxy) is 1. The van der Waals surface area contributed by atoms with Crippen molar-refractivity contribution in [1.29, 1.82) is 0 Å². The Morgan fingerprint density at radius 1 is 1.15 bits per heavy atom. The molecule has 0 saturated carbocycles. The first-order valence-electron chi connectivity index (χ1n) is 7.72. The number of rotatable bonds is 5. The van der Waals surface area contributed by atoms with Crippen LogP contribution < -0.4 is 10.1 Å². The van der Waals surface area contributed by atoms with Crippen LogP contribution >= 0.6 is 11.6 Å². The van der Waals surface area contributed by atoms with Crippen molar-refractivity contribution >= 4 is 23.2 Å². The average Bonchev–Trinajstić information content (AvgIpc) is 2.91. The maximum absolute atomic E-state index is 13.1. The van der Waals surface area contributed by atoms with E-state index in [2.05, 4.69) is 15.2 Å². The smallest absolute Gasteiger partial charge is 0.387 e. The van der Waals surface area contributed by atoms with Gasteiger partial charge < -0.3 is 10.1 Å². The fourth-order valence-electron chi connectivity index (χ4n) is 2.42. The van der Waals surface area contributed by atoms with Crippen LogP contribution in [0.3, 0.4) is 0 Å². The molecule has 0 aliphatic carbocycles. The number of benzene rings is 2. The second-order valence-corrected chi connectivity index (χ2v) is 5.85. The van der Waals surface area contributed by atoms with Gasteiger partial charge >= 0.3 is 6.61 Å². The summed E-state index contributed by atoms with van der Waals surface area (Å²) in [6, 6.07) is 10.9. The molecule has 0 aliphatic heterocycles. The van der Waals surface area contributed by atoms with Crippen LogP contribution in [0, 0.1) is 12.7 Å². The molecule has 3 aromatic rings. The minimum atomic E-state index is -2.93. The molecule has 1 amide bonds. The van der Waals surface area contributed by atoms with Gasteiger partial charge in [-0.2, -0.15) is 13.9 Å². The zero-order valence-electron chi connectivity index (χ0n) is 13.9. The van der Waals surface area contributed by atoms with Crippen molar-refractivity contribution in [1.82, 2.24) is 9.78 Å². The number of anilines is 1. The Morgan fingerprint density at radius 3 is 2.37 bits per heavy atom. The quantitative estimate of drug-likeness (QED) is 0.673. The van der Waals surface area contributed by atoms with Gasteiger partial charge in [0.2, 0.25) is 0 Å². The maximum atomic E-state index is 13.1. The average molecular weight is 396 g/mol. The van der Waals surface area contributed by atoms with E-state index in [1.807, 2.05) is 0 Å². The molecule has 0 bridgehead atoms. The summed E-state index contributed by atoms with van der Waals surface area (Å²) in [5, 5.41) is 6.90. The number of hydrogen-bond acceptors (Lipinski definition) is 3. The van der Waals surface area contributed by atoms with Gasteiger partial charge in [-0.15, -0.1) is 0 Å². The van der Waals surface area contributed by atoms with E-state index in [1.54, 1.807) is 6.92 Å². The van der Waals surface area contributed by atoms with E-state index in [1.165, 1.54) is 53.2 Å². The summed E-state index contributed by atoms with van der Waals surface area (Å²) < 4.78 is 43.0. The second kappa shape index (κ2) is 7.71. The van der Waals surface area contributed by atoms with Gasteiger partial charge in [0.05, 0.1) is 11.4 Å². The van der Waals surface area contributed by atoms with Gasteiger partial charge in [-0.1, -0.05) is 11.6 Å². The monoisotopic (exact) mass is 395 g/mol. The molecular formula is C18H13ClF3N3O2. The van der Waals surface area contributed by atoms with Crippen molar-refractivity contribution in [3.8, 4) is 11.4 Å². The molecule has 1 heterocycles. The highest BCUT2D eigenvalue weighted by atomic mass is 35.5. The van der Waals surface area contributed by atoms with E-state index in [4.69, 9.17) is 11.6 Å². The van der Waals surface area contributed by atoms with Crippen molar-refractivity contribution in [2.75, 3.05) is 5.32 Å². The number of alkyl halides is 2. The number of amides is 1. The van der Waals surface area contributed by atoms with E-state index in [0.717, 1.165) is 0 Å². The fourth-order valence-corrected chi connectivity index (χ4v) is 2.78. The van der Waals surface area contributed by atoms with Crippen LogP contribution in [0.5, 0.6) is 5.75 Å². The molecule has 5 nitrogen and oxygen atoms in total. The molecule has 0 atom stereocenters. The predicted molar refractivity (Wildman–Crippen MR) is 94.3 cm³/mol. The lowest BCUT2D eigenvalue weighted by molar-refractivity contribution is -0.0498. The number of halogens is 4. The first kappa shape index (κ1) is 18.8. The van der Waals surface area contributed by atoms with Crippen LogP contribution in [0.2, 0.25) is 5.15 Å². The van der Waals surface area contributed by atoms with E-state index in [9.17, 15) is 18.0 Å². The van der Waals surface area contributed by atoms with Crippen molar-refractivity contribution in [3.63, 3.8) is 0 Å². The molecule has 0 fully saturated rings. The predicted octanol–water partition coefficient (Wildman–Crippen LogP) is 4.83. The number of aryl methyl sites for hydroxylation is 1. The van der Waals surface area contributed by atoms with Crippen LogP contribution in [-0.2, 0) is 0 Å². The number of carbonyl (C=O) groups is 1. The van der Waals surface area contributed by atoms with Crippen LogP contribution in [0.25, 0.3) is 5.69 Å². The molecule has 9 heteroatoms. The molecule has 2 aromatic carbocycles. The normalized spacial score (nSPS) is 10.9. The van der Waals surface area contributed by atoms with E-state index >= 15 is 0 Å². The Morgan fingerprint density at radius 2 is 1.78 bits per heavy atom. The maximum Gasteiger partial charge on any atom is 0.387 e. The van der Waals surface area contributed by atoms with Gasteiger partial charge in [0.1, 0.15) is 22.3 Å². The van der Waals surface area contributed by atoms with E-state index in [-0.39, 0.29) is 16.5 Å². The van der Waals surface area contributed by atoms with Crippen molar-refractivity contribution in [2.45, 2.75) is 13.5 Å². The molecule has 0 radical (unpaired) electrons. The lowest BCUT2D eigenvalue weighted by Gasteiger charge is -2.08. The van der Waals surface area contributed by atoms with Gasteiger partial charge in [-0.25, -0.2) is 9.07 Å². The molecule has 140 valence electrons. The number of nitrogens with one attached hydrogen (secondary N) is 1. The molecule has 27 heavy (non-hydrogen) atoms. The first-order chi connectivity index (χ1) is 12.8. The second-order valence-electron chi connectivity index (χ2n) is 5.50. The van der Waals surface area contributed by atoms with Crippen LogP contribution in [0.15, 0.2) is 48.5 Å². The SMILES string of the molecule is Cc1nn(-c2ccc(F)cc2)c(Cl)c1C(=O)Nc1ccc(OC(F)F)cc1. The molecule has 0 unspecified atom stereocenters. The third-order valence-electron chi connectivity index (χ3n) is 3.64. The Balaban J connectivity index is 1.82. The number of carbonyl (C=O) groups excluding carboxylic acids is 1. The highest BCUT2D eigenvalue weighted by molar-refractivity contribution is 6.34. The summed E-state index contributed by atoms with van der Waals surface area (Å²) in [7, 11) is 0. The highest BCUT2D eigenvalue weighted by Gasteiger charge is 2.21. The Hall–Kier alpha value is -3.00. The number of nitrogens with zero attached hydrogens (tertiary/aromatic N) is 2. The minimum Gasteiger partial charge on any atom is -0.435 e. The molecule has 3 rings (SSSR count). The zero-order valence-corrected chi connectivity index (χ0v) is 14.7. The Labute approximate surface area is 157 Å². The lowest BCUT2D eigenvalue weighted by atomic mass is 10.2. The summed E-state index contributed by atoms with van der Waals surface area (Å²) in [4.78, 5) is 12.6. The van der Waals surface area contributed by atoms with Crippen molar-refractivity contribution in [2.24, 2.45) is 0 Å². The molecular weight excluding hydrogens is 383 g/mol. The molecule has 1 aromatic heterocycles. The largest absolute Gasteiger partial charge is 0.435 e. The van der Waals surface area contributed by atoms with Crippen molar-refractivity contribution < 1.29 is 22.7 Å². The summed E-state index contributed by atoms with van der Waals surface area (Å²) in [5.74, 6) is -0.953. The minimum absolute atomic E-state index is 0.0265. The van der Waals surface area contributed by atoms with Gasteiger partial charge in [0.25, 0.3) is 5.91 Å². The highest BCUT2D eigenvalue weighted by Crippen LogP contribution is 2.25. The molecule has 1 N–H and O–H groups in total. The molecule has 0 aliphatic rings. The lowest BCUT2D eigenvalue weighted by Crippen LogP contribution is -2.13. The number of hydrogen-bond donors (Lipinski definition) is 1. The first-order valence-corrected chi connectivity index (χ1v) is 8.10. The van der Waals surface area contributed by atoms with Gasteiger partial charge in [0.15, 0.2) is 0 Å². The van der Waals surface area contributed by atoms with Crippen molar-refractivity contribution in [3.05, 3.63) is 70.8 Å². The Bertz CT molecular complexity index is 957. The van der Waals surface area contributed by atoms with Gasteiger partial charge in [-0.3, -0.25) is 4.79 Å². The van der Waals surface area contributed by atoms with Crippen LogP contribution in [-0.4, -0.2) is 22.3 Å². The third-order valence-corrected chi connectivity index (χ3v) is 3.99. The zero-order chi connectivity index (χ0) is 19.6. The van der Waals surface area contributed by atoms with Gasteiger partial charge in [0, 0.05) is 5.69 Å². The summed E-state index contributed by atoms with van der Waals surface area (Å²) >= 11 is 6.29.